The normalized spacial score (nSPS) is 20.0. The number of nitrogens with one attached hydrogen (secondary N) is 1. The Bertz CT molecular complexity index is 475. The van der Waals surface area contributed by atoms with Gasteiger partial charge in [0.2, 0.25) is 5.91 Å². The Kier molecular flexibility index (Phi) is 5.61. The lowest BCUT2D eigenvalue weighted by molar-refractivity contribution is -0.119. The topological polar surface area (TPSA) is 75.4 Å². The summed E-state index contributed by atoms with van der Waals surface area (Å²) >= 11 is 1.67. The highest BCUT2D eigenvalue weighted by Crippen LogP contribution is 2.19. The number of carbonyl (C=O) groups excluding carboxylic acids is 2. The molecule has 0 unspecified atom stereocenters. The summed E-state index contributed by atoms with van der Waals surface area (Å²) in [7, 11) is 0. The first kappa shape index (κ1) is 15.8. The Morgan fingerprint density at radius 3 is 3.05 bits per heavy atom. The minimum Gasteiger partial charge on any atom is -0.370 e. The molecule has 0 saturated carbocycles. The van der Waals surface area contributed by atoms with Crippen molar-refractivity contribution in [3.63, 3.8) is 0 Å². The zero-order valence-corrected chi connectivity index (χ0v) is 13.2. The van der Waals surface area contributed by atoms with Crippen LogP contribution in [0.15, 0.2) is 16.8 Å². The van der Waals surface area contributed by atoms with E-state index in [9.17, 15) is 9.59 Å². The number of likely N-dealkylation sites (tertiary alicyclic amines) is 1. The monoisotopic (exact) mass is 309 g/mol. The van der Waals surface area contributed by atoms with Crippen LogP contribution in [0.4, 0.5) is 4.79 Å². The van der Waals surface area contributed by atoms with Crippen LogP contribution in [0, 0.1) is 5.92 Å². The molecule has 1 aromatic rings. The zero-order chi connectivity index (χ0) is 15.2. The number of piperidine rings is 1. The molecule has 0 bridgehead atoms. The minimum absolute atomic E-state index is 0.0353. The van der Waals surface area contributed by atoms with E-state index in [-0.39, 0.29) is 23.9 Å². The van der Waals surface area contributed by atoms with Crippen molar-refractivity contribution in [2.45, 2.75) is 38.6 Å². The van der Waals surface area contributed by atoms with Crippen molar-refractivity contribution in [3.8, 4) is 0 Å². The molecule has 3 amide bonds. The molecule has 2 rings (SSSR count). The maximum Gasteiger partial charge on any atom is 0.317 e. The number of rotatable bonds is 5. The van der Waals surface area contributed by atoms with Gasteiger partial charge in [-0.2, -0.15) is 11.3 Å². The number of primary amides is 1. The van der Waals surface area contributed by atoms with Crippen LogP contribution in [-0.4, -0.2) is 36.0 Å². The number of nitrogens with two attached hydrogens (primary N) is 1. The average Bonchev–Trinajstić information content (AvgIpc) is 2.90. The van der Waals surface area contributed by atoms with E-state index in [4.69, 9.17) is 5.73 Å². The smallest absolute Gasteiger partial charge is 0.317 e. The molecule has 0 radical (unpaired) electrons. The Labute approximate surface area is 129 Å². The summed E-state index contributed by atoms with van der Waals surface area (Å²) in [5.41, 5.74) is 6.49. The summed E-state index contributed by atoms with van der Waals surface area (Å²) in [6.45, 7) is 3.40. The van der Waals surface area contributed by atoms with Gasteiger partial charge < -0.3 is 16.0 Å². The van der Waals surface area contributed by atoms with Gasteiger partial charge in [0, 0.05) is 25.6 Å². The van der Waals surface area contributed by atoms with E-state index in [1.807, 2.05) is 12.3 Å². The molecule has 5 nitrogen and oxygen atoms in total. The third kappa shape index (κ3) is 5.04. The van der Waals surface area contributed by atoms with Crippen LogP contribution in [0.3, 0.4) is 0 Å². The van der Waals surface area contributed by atoms with Crippen molar-refractivity contribution < 1.29 is 9.59 Å². The molecule has 2 heterocycles. The van der Waals surface area contributed by atoms with Crippen LogP contribution in [0.1, 0.15) is 31.7 Å². The molecular weight excluding hydrogens is 286 g/mol. The molecule has 0 aromatic carbocycles. The molecule has 1 fully saturated rings. The maximum absolute atomic E-state index is 12.3. The molecule has 1 aliphatic rings. The van der Waals surface area contributed by atoms with Crippen LogP contribution in [-0.2, 0) is 11.2 Å². The molecule has 21 heavy (non-hydrogen) atoms. The molecule has 0 aliphatic carbocycles. The summed E-state index contributed by atoms with van der Waals surface area (Å²) in [6.07, 6.45) is 3.11. The second-order valence-electron chi connectivity index (χ2n) is 5.81. The third-order valence-electron chi connectivity index (χ3n) is 3.79. The van der Waals surface area contributed by atoms with E-state index >= 15 is 0 Å². The van der Waals surface area contributed by atoms with Crippen molar-refractivity contribution in [3.05, 3.63) is 22.4 Å². The van der Waals surface area contributed by atoms with E-state index in [0.717, 1.165) is 25.8 Å². The largest absolute Gasteiger partial charge is 0.370 e. The molecular formula is C15H23N3O2S. The molecule has 3 N–H and O–H groups in total. The highest BCUT2D eigenvalue weighted by Gasteiger charge is 2.25. The predicted octanol–water partition coefficient (Wildman–Crippen LogP) is 1.98. The summed E-state index contributed by atoms with van der Waals surface area (Å²) in [4.78, 5) is 25.1. The molecule has 6 heteroatoms. The molecule has 0 spiro atoms. The summed E-state index contributed by atoms with van der Waals surface area (Å²) < 4.78 is 0. The van der Waals surface area contributed by atoms with Gasteiger partial charge in [0.25, 0.3) is 0 Å². The first-order valence-corrected chi connectivity index (χ1v) is 8.33. The first-order valence-electron chi connectivity index (χ1n) is 7.39. The lowest BCUT2D eigenvalue weighted by Gasteiger charge is -2.33. The van der Waals surface area contributed by atoms with E-state index in [1.54, 1.807) is 16.2 Å². The lowest BCUT2D eigenvalue weighted by atomic mass is 9.95. The van der Waals surface area contributed by atoms with Gasteiger partial charge in [0.1, 0.15) is 0 Å². The number of thiophene rings is 1. The number of nitrogens with zero attached hydrogens (tertiary/aromatic N) is 1. The number of amides is 3. The number of hydrogen-bond donors (Lipinski definition) is 2. The van der Waals surface area contributed by atoms with E-state index in [1.165, 1.54) is 5.56 Å². The third-order valence-corrected chi connectivity index (χ3v) is 4.52. The number of carbonyl (C=O) groups is 2. The quantitative estimate of drug-likeness (QED) is 0.872. The van der Waals surface area contributed by atoms with Gasteiger partial charge in [-0.25, -0.2) is 4.79 Å². The molecule has 1 aromatic heterocycles. The van der Waals surface area contributed by atoms with E-state index in [0.29, 0.717) is 13.0 Å². The summed E-state index contributed by atoms with van der Waals surface area (Å²) in [5.74, 6) is -0.0812. The van der Waals surface area contributed by atoms with Crippen LogP contribution in [0.2, 0.25) is 0 Å². The molecule has 1 saturated heterocycles. The van der Waals surface area contributed by atoms with Crippen LogP contribution in [0.25, 0.3) is 0 Å². The van der Waals surface area contributed by atoms with E-state index in [2.05, 4.69) is 16.8 Å². The maximum atomic E-state index is 12.3. The van der Waals surface area contributed by atoms with Crippen LogP contribution >= 0.6 is 11.3 Å². The predicted molar refractivity (Wildman–Crippen MR) is 84.1 cm³/mol. The summed E-state index contributed by atoms with van der Waals surface area (Å²) in [6, 6.07) is 2.15. The van der Waals surface area contributed by atoms with E-state index < -0.39 is 0 Å². The number of hydrogen-bond acceptors (Lipinski definition) is 3. The van der Waals surface area contributed by atoms with Gasteiger partial charge in [-0.1, -0.05) is 0 Å². The number of urea groups is 1. The second-order valence-corrected chi connectivity index (χ2v) is 6.59. The van der Waals surface area contributed by atoms with Gasteiger partial charge in [-0.05, 0) is 54.5 Å². The Hall–Kier alpha value is -1.56. The van der Waals surface area contributed by atoms with Gasteiger partial charge in [0.05, 0.1) is 0 Å². The first-order chi connectivity index (χ1) is 10.0. The SMILES string of the molecule is C[C@H](Cc1ccsc1)NC(=O)N1CCC[C@H](CC(N)=O)C1. The van der Waals surface area contributed by atoms with Gasteiger partial charge >= 0.3 is 6.03 Å². The Morgan fingerprint density at radius 1 is 1.57 bits per heavy atom. The molecule has 2 atom stereocenters. The Balaban J connectivity index is 1.80. The van der Waals surface area contributed by atoms with Crippen LogP contribution in [0.5, 0.6) is 0 Å². The van der Waals surface area contributed by atoms with Crippen molar-refractivity contribution in [2.75, 3.05) is 13.1 Å². The fourth-order valence-electron chi connectivity index (χ4n) is 2.82. The average molecular weight is 309 g/mol. The van der Waals surface area contributed by atoms with Gasteiger partial charge in [-0.15, -0.1) is 0 Å². The standard InChI is InChI=1S/C15H23N3O2S/c1-11(7-13-4-6-21-10-13)17-15(20)18-5-2-3-12(9-18)8-14(16)19/h4,6,10-12H,2-3,5,7-9H2,1H3,(H2,16,19)(H,17,20)/t11-,12-/m1/s1. The lowest BCUT2D eigenvalue weighted by Crippen LogP contribution is -2.48. The van der Waals surface area contributed by atoms with Crippen LogP contribution < -0.4 is 11.1 Å². The van der Waals surface area contributed by atoms with Gasteiger partial charge in [-0.3, -0.25) is 4.79 Å². The van der Waals surface area contributed by atoms with Crippen molar-refractivity contribution in [1.82, 2.24) is 10.2 Å². The molecule has 116 valence electrons. The fourth-order valence-corrected chi connectivity index (χ4v) is 3.50. The highest BCUT2D eigenvalue weighted by atomic mass is 32.1. The van der Waals surface area contributed by atoms with Gasteiger partial charge in [0.15, 0.2) is 0 Å². The highest BCUT2D eigenvalue weighted by molar-refractivity contribution is 7.07. The summed E-state index contributed by atoms with van der Waals surface area (Å²) in [5, 5.41) is 7.19. The minimum atomic E-state index is -0.284. The van der Waals surface area contributed by atoms with Crippen molar-refractivity contribution in [2.24, 2.45) is 11.7 Å². The fraction of sp³-hybridized carbons (Fsp3) is 0.600. The van der Waals surface area contributed by atoms with Crippen molar-refractivity contribution in [1.29, 1.82) is 0 Å². The Morgan fingerprint density at radius 2 is 2.38 bits per heavy atom. The van der Waals surface area contributed by atoms with Crippen molar-refractivity contribution >= 4 is 23.3 Å². The second kappa shape index (κ2) is 7.45. The zero-order valence-electron chi connectivity index (χ0n) is 12.4. The molecule has 1 aliphatic heterocycles.